The van der Waals surface area contributed by atoms with Crippen molar-refractivity contribution in [3.8, 4) is 0 Å². The van der Waals surface area contributed by atoms with Gasteiger partial charge in [-0.1, -0.05) is 220 Å². The van der Waals surface area contributed by atoms with Gasteiger partial charge >= 0.3 is 17.9 Å². The minimum Gasteiger partial charge on any atom is -0.462 e. The summed E-state index contributed by atoms with van der Waals surface area (Å²) in [6, 6.07) is 0. The normalized spacial score (nSPS) is 11.8. The van der Waals surface area contributed by atoms with Crippen molar-refractivity contribution >= 4 is 17.9 Å². The lowest BCUT2D eigenvalue weighted by molar-refractivity contribution is -0.167. The summed E-state index contributed by atoms with van der Waals surface area (Å²) in [6.07, 6.45) is 42.5. The molecule has 0 amide bonds. The Labute approximate surface area is 323 Å². The molecular weight excluding hydrogens is 648 g/mol. The molecule has 6 heteroatoms. The van der Waals surface area contributed by atoms with Gasteiger partial charge in [-0.2, -0.15) is 0 Å². The van der Waals surface area contributed by atoms with Crippen molar-refractivity contribution in [1.82, 2.24) is 0 Å². The Bertz CT molecular complexity index is 768. The number of rotatable bonds is 42. The summed E-state index contributed by atoms with van der Waals surface area (Å²) in [7, 11) is 0. The third-order valence-corrected chi connectivity index (χ3v) is 10.4. The largest absolute Gasteiger partial charge is 0.462 e. The van der Waals surface area contributed by atoms with Gasteiger partial charge < -0.3 is 14.2 Å². The average Bonchev–Trinajstić information content (AvgIpc) is 3.14. The fourth-order valence-electron chi connectivity index (χ4n) is 6.85. The van der Waals surface area contributed by atoms with Crippen LogP contribution in [0.25, 0.3) is 0 Å². The van der Waals surface area contributed by atoms with Crippen molar-refractivity contribution in [3.63, 3.8) is 0 Å². The van der Waals surface area contributed by atoms with Gasteiger partial charge in [0, 0.05) is 19.3 Å². The Hall–Kier alpha value is -1.59. The van der Waals surface area contributed by atoms with Crippen LogP contribution in [0.1, 0.15) is 258 Å². The van der Waals surface area contributed by atoms with Crippen molar-refractivity contribution < 1.29 is 28.6 Å². The van der Waals surface area contributed by atoms with Crippen LogP contribution in [0.5, 0.6) is 0 Å². The van der Waals surface area contributed by atoms with E-state index in [-0.39, 0.29) is 31.1 Å². The highest BCUT2D eigenvalue weighted by Crippen LogP contribution is 2.16. The molecule has 0 aliphatic carbocycles. The SMILES string of the molecule is CCCCCCCCCCCCCCCCCCCC(=O)OCC(COC(=O)CCCCCCCC)OC(=O)CCCCCCCCCCCCC. The predicted octanol–water partition coefficient (Wildman–Crippen LogP) is 14.5. The van der Waals surface area contributed by atoms with Gasteiger partial charge in [0.05, 0.1) is 0 Å². The molecule has 0 rings (SSSR count). The van der Waals surface area contributed by atoms with Crippen LogP contribution in [-0.2, 0) is 28.6 Å². The molecule has 0 aliphatic rings. The molecular formula is C46H88O6. The third-order valence-electron chi connectivity index (χ3n) is 10.4. The zero-order valence-electron chi connectivity index (χ0n) is 35.1. The van der Waals surface area contributed by atoms with Gasteiger partial charge in [0.25, 0.3) is 0 Å². The first-order valence-corrected chi connectivity index (χ1v) is 23.0. The van der Waals surface area contributed by atoms with Crippen molar-refractivity contribution in [1.29, 1.82) is 0 Å². The number of unbranched alkanes of at least 4 members (excludes halogenated alkanes) is 31. The first kappa shape index (κ1) is 50.4. The molecule has 0 radical (unpaired) electrons. The van der Waals surface area contributed by atoms with Crippen LogP contribution in [0.2, 0.25) is 0 Å². The number of hydrogen-bond donors (Lipinski definition) is 0. The summed E-state index contributed by atoms with van der Waals surface area (Å²) in [5.41, 5.74) is 0. The minimum atomic E-state index is -0.756. The van der Waals surface area contributed by atoms with E-state index in [0.717, 1.165) is 57.8 Å². The smallest absolute Gasteiger partial charge is 0.306 e. The monoisotopic (exact) mass is 737 g/mol. The number of carbonyl (C=O) groups is 3. The lowest BCUT2D eigenvalue weighted by Crippen LogP contribution is -2.30. The van der Waals surface area contributed by atoms with Crippen molar-refractivity contribution in [2.24, 2.45) is 0 Å². The number of ether oxygens (including phenoxy) is 3. The highest BCUT2D eigenvalue weighted by Gasteiger charge is 2.19. The van der Waals surface area contributed by atoms with Gasteiger partial charge in [0.15, 0.2) is 6.10 Å². The summed E-state index contributed by atoms with van der Waals surface area (Å²) >= 11 is 0. The maximum Gasteiger partial charge on any atom is 0.306 e. The van der Waals surface area contributed by atoms with E-state index < -0.39 is 6.10 Å². The first-order chi connectivity index (χ1) is 25.5. The Balaban J connectivity index is 4.17. The minimum absolute atomic E-state index is 0.0634. The van der Waals surface area contributed by atoms with Gasteiger partial charge in [-0.25, -0.2) is 0 Å². The summed E-state index contributed by atoms with van der Waals surface area (Å²) in [4.78, 5) is 37.5. The second kappa shape index (κ2) is 42.2. The quantitative estimate of drug-likeness (QED) is 0.0353. The summed E-state index contributed by atoms with van der Waals surface area (Å²) < 4.78 is 16.6. The maximum atomic E-state index is 12.6. The van der Waals surface area contributed by atoms with Gasteiger partial charge in [-0.15, -0.1) is 0 Å². The molecule has 0 saturated heterocycles. The second-order valence-electron chi connectivity index (χ2n) is 15.7. The third kappa shape index (κ3) is 39.6. The molecule has 0 saturated carbocycles. The molecule has 0 spiro atoms. The van der Waals surface area contributed by atoms with Gasteiger partial charge in [0.2, 0.25) is 0 Å². The van der Waals surface area contributed by atoms with E-state index >= 15 is 0 Å². The molecule has 52 heavy (non-hydrogen) atoms. The topological polar surface area (TPSA) is 78.9 Å². The number of esters is 3. The number of hydrogen-bond acceptors (Lipinski definition) is 6. The fraction of sp³-hybridized carbons (Fsp3) is 0.935. The van der Waals surface area contributed by atoms with Crippen LogP contribution >= 0.6 is 0 Å². The standard InChI is InChI=1S/C46H88O6/c1-4-7-10-13-16-18-20-21-22-23-24-25-27-28-30-33-36-39-45(48)51-42-43(41-50-44(47)38-35-32-15-12-9-6-3)52-46(49)40-37-34-31-29-26-19-17-14-11-8-5-2/h43H,4-42H2,1-3H3. The van der Waals surface area contributed by atoms with E-state index in [9.17, 15) is 14.4 Å². The van der Waals surface area contributed by atoms with Crippen LogP contribution in [0.3, 0.4) is 0 Å². The lowest BCUT2D eigenvalue weighted by atomic mass is 10.0. The Morgan fingerprint density at radius 1 is 0.308 bits per heavy atom. The van der Waals surface area contributed by atoms with E-state index in [1.807, 2.05) is 0 Å². The van der Waals surface area contributed by atoms with Gasteiger partial charge in [0.1, 0.15) is 13.2 Å². The zero-order chi connectivity index (χ0) is 38.0. The molecule has 1 unspecified atom stereocenters. The molecule has 6 nitrogen and oxygen atoms in total. The first-order valence-electron chi connectivity index (χ1n) is 23.0. The lowest BCUT2D eigenvalue weighted by Gasteiger charge is -2.18. The zero-order valence-corrected chi connectivity index (χ0v) is 35.1. The fourth-order valence-corrected chi connectivity index (χ4v) is 6.85. The highest BCUT2D eigenvalue weighted by molar-refractivity contribution is 5.71. The van der Waals surface area contributed by atoms with Crippen LogP contribution < -0.4 is 0 Å². The molecule has 0 aromatic rings. The van der Waals surface area contributed by atoms with Crippen LogP contribution in [0.4, 0.5) is 0 Å². The summed E-state index contributed by atoms with van der Waals surface area (Å²) in [6.45, 7) is 6.59. The molecule has 0 bridgehead atoms. The van der Waals surface area contributed by atoms with Crippen molar-refractivity contribution in [2.45, 2.75) is 264 Å². The van der Waals surface area contributed by atoms with Gasteiger partial charge in [-0.3, -0.25) is 14.4 Å². The van der Waals surface area contributed by atoms with E-state index in [1.165, 1.54) is 161 Å². The van der Waals surface area contributed by atoms with Crippen molar-refractivity contribution in [3.05, 3.63) is 0 Å². The Kier molecular flexibility index (Phi) is 40.9. The van der Waals surface area contributed by atoms with E-state index in [4.69, 9.17) is 14.2 Å². The maximum absolute atomic E-state index is 12.6. The Morgan fingerprint density at radius 3 is 0.769 bits per heavy atom. The predicted molar refractivity (Wildman–Crippen MR) is 220 cm³/mol. The molecule has 308 valence electrons. The van der Waals surface area contributed by atoms with Gasteiger partial charge in [-0.05, 0) is 19.3 Å². The van der Waals surface area contributed by atoms with Crippen LogP contribution in [0.15, 0.2) is 0 Å². The molecule has 0 N–H and O–H groups in total. The van der Waals surface area contributed by atoms with Crippen molar-refractivity contribution in [2.75, 3.05) is 13.2 Å². The number of carbonyl (C=O) groups excluding carboxylic acids is 3. The highest BCUT2D eigenvalue weighted by atomic mass is 16.6. The van der Waals surface area contributed by atoms with E-state index in [2.05, 4.69) is 20.8 Å². The molecule has 0 aromatic carbocycles. The second-order valence-corrected chi connectivity index (χ2v) is 15.7. The summed E-state index contributed by atoms with van der Waals surface area (Å²) in [5.74, 6) is -0.861. The molecule has 0 heterocycles. The summed E-state index contributed by atoms with van der Waals surface area (Å²) in [5, 5.41) is 0. The molecule has 0 aliphatic heterocycles. The Morgan fingerprint density at radius 2 is 0.519 bits per heavy atom. The molecule has 0 fully saturated rings. The van der Waals surface area contributed by atoms with E-state index in [0.29, 0.717) is 19.3 Å². The molecule has 0 aromatic heterocycles. The van der Waals surface area contributed by atoms with Crippen LogP contribution in [0, 0.1) is 0 Å². The molecule has 1 atom stereocenters. The average molecular weight is 737 g/mol. The van der Waals surface area contributed by atoms with Crippen LogP contribution in [-0.4, -0.2) is 37.2 Å². The van der Waals surface area contributed by atoms with E-state index in [1.54, 1.807) is 0 Å².